The van der Waals surface area contributed by atoms with Crippen LogP contribution in [0, 0.1) is 0 Å². The summed E-state index contributed by atoms with van der Waals surface area (Å²) in [6.07, 6.45) is 0. The number of fused-ring (bicyclic) bond motifs is 3. The minimum absolute atomic E-state index is 0. The number of nitrogens with two attached hydrogens (primary N) is 1. The van der Waals surface area contributed by atoms with Crippen molar-refractivity contribution in [3.05, 3.63) is 84.9 Å². The molecule has 0 heterocycles. The van der Waals surface area contributed by atoms with Crippen LogP contribution in [0.3, 0.4) is 0 Å². The molecule has 56 heavy (non-hydrogen) atoms. The SMILES string of the molecule is Nc1cc2c(O)c(N=Nc3ccc(N=Nc4ccc5c(S(=O)(=O)[O-])cccc5c4)c4ccc(S(=O)(=O)[O-])cc34)c(S(=O)(=O)[O-])cc2cc1S(=O)(=O)[O-].[Li+].[Li+].[Li+].[Li+]. The molecule has 26 heteroatoms. The van der Waals surface area contributed by atoms with Gasteiger partial charge >= 0.3 is 75.4 Å². The van der Waals surface area contributed by atoms with E-state index in [0.717, 1.165) is 24.3 Å². The molecule has 0 saturated heterocycles. The number of aromatic hydroxyl groups is 1. The molecule has 6 rings (SSSR count). The minimum atomic E-state index is -5.46. The Morgan fingerprint density at radius 2 is 1.04 bits per heavy atom. The summed E-state index contributed by atoms with van der Waals surface area (Å²) in [5.41, 5.74) is 4.20. The minimum Gasteiger partial charge on any atom is -0.744 e. The summed E-state index contributed by atoms with van der Waals surface area (Å²) in [6, 6.07) is 16.1. The number of nitrogens with zero attached hydrogens (tertiary/aromatic N) is 4. The topological polar surface area (TPSA) is 324 Å². The molecule has 3 N–H and O–H groups in total. The Labute approximate surface area is 366 Å². The van der Waals surface area contributed by atoms with Crippen LogP contribution in [-0.4, -0.2) is 57.0 Å². The van der Waals surface area contributed by atoms with Gasteiger partial charge < -0.3 is 29.1 Å². The second-order valence-electron chi connectivity index (χ2n) is 10.9. The standard InChI is InChI=1S/C30H21N5O13S4.4Li/c31-23-14-21-16(11-27(23)51(43,44)45)12-28(52(46,47)48)29(30(21)36)35-34-25-9-8-24(20-7-5-18(13-22(20)25)49(37,38)39)33-32-17-4-6-19-15(10-17)2-1-3-26(19)50(40,41)42;;;;/h1-14,36H,31H2,(H,37,38,39)(H,40,41,42)(H,43,44,45)(H,46,47,48);;;;/q;4*+1/p-4. The van der Waals surface area contributed by atoms with E-state index in [1.54, 1.807) is 6.07 Å². The predicted molar refractivity (Wildman–Crippen MR) is 178 cm³/mol. The van der Waals surface area contributed by atoms with E-state index in [1.165, 1.54) is 42.5 Å². The van der Waals surface area contributed by atoms with Gasteiger partial charge in [0, 0.05) is 21.8 Å². The Morgan fingerprint density at radius 1 is 0.482 bits per heavy atom. The van der Waals surface area contributed by atoms with Gasteiger partial charge in [0.15, 0.2) is 5.75 Å². The first-order chi connectivity index (χ1) is 24.1. The molecular formula is C30H17Li4N5O13S4. The maximum absolute atomic E-state index is 12.2. The molecule has 0 aliphatic rings. The molecule has 0 spiro atoms. The van der Waals surface area contributed by atoms with Crippen molar-refractivity contribution in [3.8, 4) is 5.75 Å². The fourth-order valence-electron chi connectivity index (χ4n) is 5.26. The average Bonchev–Trinajstić information content (AvgIpc) is 3.04. The molecule has 268 valence electrons. The molecule has 0 aliphatic heterocycles. The summed E-state index contributed by atoms with van der Waals surface area (Å²) in [6.45, 7) is 0. The van der Waals surface area contributed by atoms with Gasteiger partial charge in [-0.15, -0.1) is 15.3 Å². The van der Waals surface area contributed by atoms with Crippen molar-refractivity contribution in [3.63, 3.8) is 0 Å². The van der Waals surface area contributed by atoms with Gasteiger partial charge in [-0.05, 0) is 76.8 Å². The predicted octanol–water partition coefficient (Wildman–Crippen LogP) is -7.10. The van der Waals surface area contributed by atoms with Crippen LogP contribution < -0.4 is 81.2 Å². The molecule has 18 nitrogen and oxygen atoms in total. The van der Waals surface area contributed by atoms with E-state index in [9.17, 15) is 57.0 Å². The molecule has 0 saturated carbocycles. The van der Waals surface area contributed by atoms with Crippen molar-refractivity contribution in [1.29, 1.82) is 0 Å². The number of hydrogen-bond donors (Lipinski definition) is 2. The third-order valence-electron chi connectivity index (χ3n) is 7.58. The quantitative estimate of drug-likeness (QED) is 0.0625. The molecule has 6 aromatic rings. The van der Waals surface area contributed by atoms with Crippen LogP contribution in [0.5, 0.6) is 5.75 Å². The molecule has 0 unspecified atom stereocenters. The Balaban J connectivity index is 0.00000271. The Bertz CT molecular complexity index is 3060. The van der Waals surface area contributed by atoms with E-state index in [-0.39, 0.29) is 119 Å². The van der Waals surface area contributed by atoms with Gasteiger partial charge in [-0.25, -0.2) is 33.7 Å². The van der Waals surface area contributed by atoms with Crippen molar-refractivity contribution in [2.75, 3.05) is 5.73 Å². The van der Waals surface area contributed by atoms with E-state index < -0.39 is 77.2 Å². The first-order valence-corrected chi connectivity index (χ1v) is 19.6. The van der Waals surface area contributed by atoms with E-state index in [4.69, 9.17) is 5.73 Å². The number of phenols is 1. The molecular weight excluding hydrogens is 794 g/mol. The molecule has 0 radical (unpaired) electrons. The van der Waals surface area contributed by atoms with Crippen LogP contribution in [0.1, 0.15) is 0 Å². The van der Waals surface area contributed by atoms with Gasteiger partial charge in [-0.2, -0.15) is 5.11 Å². The fraction of sp³-hybridized carbons (Fsp3) is 0. The van der Waals surface area contributed by atoms with Crippen LogP contribution in [-0.2, 0) is 40.5 Å². The fourth-order valence-corrected chi connectivity index (χ4v) is 7.72. The molecule has 0 aromatic heterocycles. The molecule has 0 fully saturated rings. The van der Waals surface area contributed by atoms with Gasteiger partial charge in [0.1, 0.15) is 46.2 Å². The normalized spacial score (nSPS) is 12.3. The van der Waals surface area contributed by atoms with Crippen LogP contribution >= 0.6 is 0 Å². The summed E-state index contributed by atoms with van der Waals surface area (Å²) in [7, 11) is -20.4. The molecule has 0 amide bonds. The van der Waals surface area contributed by atoms with Gasteiger partial charge in [0.2, 0.25) is 0 Å². The summed E-state index contributed by atoms with van der Waals surface area (Å²) in [4.78, 5) is -3.26. The van der Waals surface area contributed by atoms with Crippen molar-refractivity contribution >= 4 is 101 Å². The Kier molecular flexibility index (Phi) is 15.6. The number of rotatable bonds is 8. The maximum atomic E-state index is 12.2. The van der Waals surface area contributed by atoms with E-state index in [1.807, 2.05) is 0 Å². The Hall–Kier alpha value is -3.07. The van der Waals surface area contributed by atoms with Crippen molar-refractivity contribution in [2.45, 2.75) is 19.6 Å². The zero-order valence-electron chi connectivity index (χ0n) is 29.4. The van der Waals surface area contributed by atoms with Crippen molar-refractivity contribution in [2.24, 2.45) is 20.5 Å². The number of phenolic OH excluding ortho intramolecular Hbond substituents is 1. The van der Waals surface area contributed by atoms with E-state index in [0.29, 0.717) is 17.5 Å². The first-order valence-electron chi connectivity index (χ1n) is 14.0. The van der Waals surface area contributed by atoms with Gasteiger partial charge in [-0.1, -0.05) is 24.3 Å². The van der Waals surface area contributed by atoms with Crippen molar-refractivity contribution in [1.82, 2.24) is 0 Å². The third-order valence-corrected chi connectivity index (χ3v) is 11.0. The molecule has 0 atom stereocenters. The van der Waals surface area contributed by atoms with Gasteiger partial charge in [0.25, 0.3) is 0 Å². The van der Waals surface area contributed by atoms with Gasteiger partial charge in [0.05, 0.1) is 36.6 Å². The van der Waals surface area contributed by atoms with Crippen LogP contribution in [0.15, 0.2) is 125 Å². The first kappa shape index (κ1) is 49.1. The largest absolute Gasteiger partial charge is 1.00 e. The number of anilines is 1. The zero-order valence-corrected chi connectivity index (χ0v) is 32.7. The number of azo groups is 2. The Morgan fingerprint density at radius 3 is 1.62 bits per heavy atom. The number of hydrogen-bond acceptors (Lipinski definition) is 18. The third kappa shape index (κ3) is 10.1. The van der Waals surface area contributed by atoms with E-state index in [2.05, 4.69) is 20.5 Å². The summed E-state index contributed by atoms with van der Waals surface area (Å²) < 4.78 is 142. The summed E-state index contributed by atoms with van der Waals surface area (Å²) in [5.74, 6) is -0.995. The van der Waals surface area contributed by atoms with E-state index >= 15 is 0 Å². The monoisotopic (exact) mass is 811 g/mol. The molecule has 0 bridgehead atoms. The summed E-state index contributed by atoms with van der Waals surface area (Å²) >= 11 is 0. The van der Waals surface area contributed by atoms with Crippen LogP contribution in [0.4, 0.5) is 28.4 Å². The second kappa shape index (κ2) is 17.8. The van der Waals surface area contributed by atoms with Crippen LogP contribution in [0.2, 0.25) is 0 Å². The smallest absolute Gasteiger partial charge is 0.744 e. The zero-order chi connectivity index (χ0) is 38.0. The second-order valence-corrected chi connectivity index (χ2v) is 16.3. The number of benzene rings is 6. The maximum Gasteiger partial charge on any atom is 1.00 e. The summed E-state index contributed by atoms with van der Waals surface area (Å²) in [5, 5.41) is 26.8. The van der Waals surface area contributed by atoms with Crippen molar-refractivity contribution < 1.29 is 132 Å². The average molecular weight is 812 g/mol. The molecule has 0 aliphatic carbocycles. The molecule has 6 aromatic carbocycles. The number of nitrogen functional groups attached to an aromatic ring is 1. The van der Waals surface area contributed by atoms with Gasteiger partial charge in [-0.3, -0.25) is 0 Å². The van der Waals surface area contributed by atoms with Crippen LogP contribution in [0.25, 0.3) is 32.3 Å².